The van der Waals surface area contributed by atoms with Gasteiger partial charge in [-0.1, -0.05) is 11.6 Å². The highest BCUT2D eigenvalue weighted by Crippen LogP contribution is 2.23. The van der Waals surface area contributed by atoms with Gasteiger partial charge < -0.3 is 9.94 Å². The summed E-state index contributed by atoms with van der Waals surface area (Å²) >= 11 is 0. The maximum atomic E-state index is 9.46. The number of hydrogen-bond donors (Lipinski definition) is 1. The zero-order valence-electron chi connectivity index (χ0n) is 7.61. The number of nitrogens with zero attached hydrogens (tertiary/aromatic N) is 1. The van der Waals surface area contributed by atoms with Crippen LogP contribution in [-0.4, -0.2) is 16.9 Å². The maximum Gasteiger partial charge on any atom is 0.226 e. The third kappa shape index (κ3) is 1.13. The van der Waals surface area contributed by atoms with Crippen molar-refractivity contribution in [1.29, 1.82) is 0 Å². The summed E-state index contributed by atoms with van der Waals surface area (Å²) in [4.78, 5) is 5.00. The van der Waals surface area contributed by atoms with E-state index >= 15 is 0 Å². The molecule has 2 aromatic rings. The quantitative estimate of drug-likeness (QED) is 0.719. The van der Waals surface area contributed by atoms with Gasteiger partial charge in [0.25, 0.3) is 0 Å². The van der Waals surface area contributed by atoms with Crippen LogP contribution in [0, 0.1) is 6.92 Å². The molecule has 0 bridgehead atoms. The number of fused-ring (bicyclic) bond motifs is 1. The third-order valence-electron chi connectivity index (χ3n) is 2.08. The molecule has 0 unspecified atom stereocenters. The molecule has 0 saturated heterocycles. The lowest BCUT2D eigenvalue weighted by Gasteiger charge is -2.02. The molecule has 0 atom stereocenters. The molecule has 1 heterocycles. The van der Waals surface area contributed by atoms with Crippen LogP contribution in [0.25, 0.3) is 10.9 Å². The van der Waals surface area contributed by atoms with E-state index in [4.69, 9.17) is 4.84 Å². The Morgan fingerprint density at radius 1 is 1.31 bits per heavy atom. The van der Waals surface area contributed by atoms with E-state index in [1.54, 1.807) is 6.07 Å². The number of aromatic nitrogens is 1. The first-order valence-corrected chi connectivity index (χ1v) is 4.08. The molecule has 3 heteroatoms. The normalized spacial score (nSPS) is 10.6. The van der Waals surface area contributed by atoms with Crippen molar-refractivity contribution in [3.63, 3.8) is 0 Å². The molecule has 0 aliphatic heterocycles. The molecule has 0 saturated carbocycles. The minimum Gasteiger partial charge on any atom is -0.492 e. The predicted molar refractivity (Wildman–Crippen MR) is 50.8 cm³/mol. The Balaban J connectivity index is 2.79. The second-order valence-corrected chi connectivity index (χ2v) is 3.04. The largest absolute Gasteiger partial charge is 0.492 e. The second kappa shape index (κ2) is 2.69. The summed E-state index contributed by atoms with van der Waals surface area (Å²) in [6.07, 6.45) is 0. The number of aryl methyl sites for hydroxylation is 1. The van der Waals surface area contributed by atoms with Crippen molar-refractivity contribution >= 4 is 10.9 Å². The Morgan fingerprint density at radius 3 is 2.77 bits per heavy atom. The number of aromatic hydroxyl groups is 1. The standard InChI is InChI=1S/C10H11NO2/c1-7-3-4-9-8(5-7)6-10(12)11(9)13-2/h3-6,12H,1-2H3. The fourth-order valence-electron chi connectivity index (χ4n) is 1.49. The van der Waals surface area contributed by atoms with Crippen LogP contribution in [-0.2, 0) is 0 Å². The molecule has 0 amide bonds. The van der Waals surface area contributed by atoms with Gasteiger partial charge in [-0.2, -0.15) is 0 Å². The van der Waals surface area contributed by atoms with Crippen molar-refractivity contribution in [3.8, 4) is 5.88 Å². The van der Waals surface area contributed by atoms with Crippen LogP contribution >= 0.6 is 0 Å². The van der Waals surface area contributed by atoms with E-state index in [0.29, 0.717) is 0 Å². The van der Waals surface area contributed by atoms with Crippen LogP contribution in [0.1, 0.15) is 5.56 Å². The SMILES string of the molecule is COn1c(O)cc2cc(C)ccc21. The summed E-state index contributed by atoms with van der Waals surface area (Å²) in [6, 6.07) is 7.60. The van der Waals surface area contributed by atoms with Gasteiger partial charge in [-0.25, -0.2) is 0 Å². The highest BCUT2D eigenvalue weighted by molar-refractivity contribution is 5.82. The van der Waals surface area contributed by atoms with Gasteiger partial charge in [0.05, 0.1) is 5.52 Å². The smallest absolute Gasteiger partial charge is 0.226 e. The summed E-state index contributed by atoms with van der Waals surface area (Å²) in [5.74, 6) is 0.128. The molecule has 1 N–H and O–H groups in total. The Bertz CT molecular complexity index is 445. The fraction of sp³-hybridized carbons (Fsp3) is 0.200. The van der Waals surface area contributed by atoms with E-state index in [2.05, 4.69) is 0 Å². The summed E-state index contributed by atoms with van der Waals surface area (Å²) in [5, 5.41) is 10.4. The Labute approximate surface area is 76.1 Å². The van der Waals surface area contributed by atoms with Crippen LogP contribution in [0.5, 0.6) is 5.88 Å². The Morgan fingerprint density at radius 2 is 2.08 bits per heavy atom. The first-order valence-electron chi connectivity index (χ1n) is 4.08. The van der Waals surface area contributed by atoms with Crippen LogP contribution in [0.15, 0.2) is 24.3 Å². The van der Waals surface area contributed by atoms with Gasteiger partial charge in [-0.15, -0.1) is 4.73 Å². The average Bonchev–Trinajstić information content (AvgIpc) is 2.39. The first kappa shape index (κ1) is 7.98. The predicted octanol–water partition coefficient (Wildman–Crippen LogP) is 1.71. The summed E-state index contributed by atoms with van der Waals surface area (Å²) in [7, 11) is 1.53. The van der Waals surface area contributed by atoms with Crippen molar-refractivity contribution in [1.82, 2.24) is 4.73 Å². The average molecular weight is 177 g/mol. The molecule has 0 spiro atoms. The zero-order chi connectivity index (χ0) is 9.42. The van der Waals surface area contributed by atoms with Crippen molar-refractivity contribution in [3.05, 3.63) is 29.8 Å². The molecule has 2 rings (SSSR count). The van der Waals surface area contributed by atoms with Crippen molar-refractivity contribution in [2.45, 2.75) is 6.92 Å². The van der Waals surface area contributed by atoms with Crippen LogP contribution in [0.3, 0.4) is 0 Å². The van der Waals surface area contributed by atoms with Gasteiger partial charge in [0.1, 0.15) is 7.11 Å². The van der Waals surface area contributed by atoms with E-state index in [9.17, 15) is 5.11 Å². The van der Waals surface area contributed by atoms with Gasteiger partial charge >= 0.3 is 0 Å². The van der Waals surface area contributed by atoms with E-state index < -0.39 is 0 Å². The number of hydrogen-bond acceptors (Lipinski definition) is 2. The lowest BCUT2D eigenvalue weighted by molar-refractivity contribution is 0.152. The van der Waals surface area contributed by atoms with Gasteiger partial charge in [0, 0.05) is 11.5 Å². The molecular formula is C10H11NO2. The molecular weight excluding hydrogens is 166 g/mol. The molecule has 1 aromatic heterocycles. The molecule has 0 fully saturated rings. The number of rotatable bonds is 1. The Kier molecular flexibility index (Phi) is 1.65. The highest BCUT2D eigenvalue weighted by atomic mass is 16.7. The van der Waals surface area contributed by atoms with E-state index in [1.165, 1.54) is 17.4 Å². The molecule has 0 aliphatic carbocycles. The van der Waals surface area contributed by atoms with Crippen LogP contribution < -0.4 is 4.84 Å². The van der Waals surface area contributed by atoms with Gasteiger partial charge in [-0.3, -0.25) is 0 Å². The van der Waals surface area contributed by atoms with E-state index in [0.717, 1.165) is 10.9 Å². The molecule has 1 aromatic carbocycles. The molecule has 68 valence electrons. The topological polar surface area (TPSA) is 34.4 Å². The van der Waals surface area contributed by atoms with Crippen LogP contribution in [0.4, 0.5) is 0 Å². The van der Waals surface area contributed by atoms with E-state index in [-0.39, 0.29) is 5.88 Å². The monoisotopic (exact) mass is 177 g/mol. The summed E-state index contributed by atoms with van der Waals surface area (Å²) < 4.78 is 1.40. The zero-order valence-corrected chi connectivity index (χ0v) is 7.61. The van der Waals surface area contributed by atoms with Gasteiger partial charge in [-0.05, 0) is 19.1 Å². The third-order valence-corrected chi connectivity index (χ3v) is 2.08. The lowest BCUT2D eigenvalue weighted by atomic mass is 10.2. The lowest BCUT2D eigenvalue weighted by Crippen LogP contribution is -2.03. The molecule has 0 radical (unpaired) electrons. The van der Waals surface area contributed by atoms with Gasteiger partial charge in [0.2, 0.25) is 5.88 Å². The highest BCUT2D eigenvalue weighted by Gasteiger charge is 2.06. The molecule has 3 nitrogen and oxygen atoms in total. The summed E-state index contributed by atoms with van der Waals surface area (Å²) in [5.41, 5.74) is 2.05. The van der Waals surface area contributed by atoms with Gasteiger partial charge in [0.15, 0.2) is 0 Å². The second-order valence-electron chi connectivity index (χ2n) is 3.04. The van der Waals surface area contributed by atoms with Crippen molar-refractivity contribution < 1.29 is 9.94 Å². The first-order chi connectivity index (χ1) is 6.22. The van der Waals surface area contributed by atoms with E-state index in [1.807, 2.05) is 25.1 Å². The minimum atomic E-state index is 0.128. The molecule has 13 heavy (non-hydrogen) atoms. The molecule has 0 aliphatic rings. The van der Waals surface area contributed by atoms with Crippen molar-refractivity contribution in [2.75, 3.05) is 7.11 Å². The Hall–Kier alpha value is -1.64. The van der Waals surface area contributed by atoms with Crippen LogP contribution in [0.2, 0.25) is 0 Å². The maximum absolute atomic E-state index is 9.46. The minimum absolute atomic E-state index is 0.128. The fourth-order valence-corrected chi connectivity index (χ4v) is 1.49. The van der Waals surface area contributed by atoms with Crippen molar-refractivity contribution in [2.24, 2.45) is 0 Å². The number of benzene rings is 1. The summed E-state index contributed by atoms with van der Waals surface area (Å²) in [6.45, 7) is 2.01.